The standard InChI is InChI=1S/C13H15F3O5/c1-5(13(14,15)16)12(17)21-11-9-6(3-18-2)7-4-19-10(11)8(7)20-9/h6-11H,1,3-4H2,2H3. The molecule has 3 heterocycles. The lowest BCUT2D eigenvalue weighted by Gasteiger charge is -2.29. The molecule has 6 atom stereocenters. The summed E-state index contributed by atoms with van der Waals surface area (Å²) in [5.41, 5.74) is -1.52. The second-order valence-corrected chi connectivity index (χ2v) is 5.49. The molecule has 6 unspecified atom stereocenters. The van der Waals surface area contributed by atoms with Crippen LogP contribution >= 0.6 is 0 Å². The minimum absolute atomic E-state index is 0.0456. The van der Waals surface area contributed by atoms with Crippen LogP contribution in [0.2, 0.25) is 0 Å². The number of fused-ring (bicyclic) bond motifs is 1. The van der Waals surface area contributed by atoms with Crippen molar-refractivity contribution in [1.29, 1.82) is 0 Å². The third kappa shape index (κ3) is 2.25. The molecule has 3 saturated heterocycles. The van der Waals surface area contributed by atoms with Gasteiger partial charge in [0.25, 0.3) is 0 Å². The van der Waals surface area contributed by atoms with Gasteiger partial charge in [0.2, 0.25) is 0 Å². The van der Waals surface area contributed by atoms with E-state index < -0.39 is 36.0 Å². The van der Waals surface area contributed by atoms with E-state index in [9.17, 15) is 18.0 Å². The highest BCUT2D eigenvalue weighted by Gasteiger charge is 2.65. The number of halogens is 3. The summed E-state index contributed by atoms with van der Waals surface area (Å²) >= 11 is 0. The van der Waals surface area contributed by atoms with Gasteiger partial charge in [0.1, 0.15) is 17.8 Å². The molecule has 0 aromatic heterocycles. The van der Waals surface area contributed by atoms with E-state index >= 15 is 0 Å². The molecule has 2 bridgehead atoms. The van der Waals surface area contributed by atoms with Crippen molar-refractivity contribution >= 4 is 5.97 Å². The van der Waals surface area contributed by atoms with Crippen LogP contribution in [-0.4, -0.2) is 56.9 Å². The summed E-state index contributed by atoms with van der Waals surface area (Å²) in [5.74, 6) is -1.39. The van der Waals surface area contributed by atoms with E-state index in [4.69, 9.17) is 18.9 Å². The molecule has 3 fully saturated rings. The zero-order valence-corrected chi connectivity index (χ0v) is 11.3. The first-order chi connectivity index (χ1) is 9.84. The largest absolute Gasteiger partial charge is 0.453 e. The van der Waals surface area contributed by atoms with Gasteiger partial charge in [-0.05, 0) is 0 Å². The lowest BCUT2D eigenvalue weighted by molar-refractivity contribution is -0.162. The van der Waals surface area contributed by atoms with Crippen LogP contribution in [0.1, 0.15) is 0 Å². The molecule has 0 saturated carbocycles. The van der Waals surface area contributed by atoms with Gasteiger partial charge in [-0.2, -0.15) is 13.2 Å². The summed E-state index contributed by atoms with van der Waals surface area (Å²) in [5, 5.41) is 0. The van der Waals surface area contributed by atoms with Crippen molar-refractivity contribution < 1.29 is 36.9 Å². The SMILES string of the molecule is C=C(C(=O)OC1C2OC3C(COC31)C2COC)C(F)(F)F. The quantitative estimate of drug-likeness (QED) is 0.574. The van der Waals surface area contributed by atoms with Gasteiger partial charge in [-0.3, -0.25) is 0 Å². The fourth-order valence-corrected chi connectivity index (χ4v) is 3.37. The Labute approximate surface area is 119 Å². The van der Waals surface area contributed by atoms with Gasteiger partial charge in [-0.1, -0.05) is 6.58 Å². The molecule has 3 rings (SSSR count). The Balaban J connectivity index is 1.72. The third-order valence-electron chi connectivity index (χ3n) is 4.35. The number of carbonyl (C=O) groups excluding carboxylic acids is 1. The number of hydrogen-bond donors (Lipinski definition) is 0. The molecule has 0 spiro atoms. The smallest absolute Gasteiger partial charge is 0.422 e. The highest BCUT2D eigenvalue weighted by Crippen LogP contribution is 2.50. The Morgan fingerprint density at radius 3 is 2.67 bits per heavy atom. The number of carbonyl (C=O) groups is 1. The molecule has 21 heavy (non-hydrogen) atoms. The maximum absolute atomic E-state index is 12.5. The second kappa shape index (κ2) is 4.96. The van der Waals surface area contributed by atoms with Gasteiger partial charge in [-0.25, -0.2) is 4.79 Å². The molecule has 3 aliphatic heterocycles. The Morgan fingerprint density at radius 1 is 1.33 bits per heavy atom. The molecule has 0 radical (unpaired) electrons. The molecule has 0 aliphatic carbocycles. The molecule has 8 heteroatoms. The molecule has 118 valence electrons. The zero-order chi connectivity index (χ0) is 15.4. The first kappa shape index (κ1) is 14.8. The maximum Gasteiger partial charge on any atom is 0.422 e. The monoisotopic (exact) mass is 308 g/mol. The molecule has 0 N–H and O–H groups in total. The molecule has 5 nitrogen and oxygen atoms in total. The van der Waals surface area contributed by atoms with Crippen LogP contribution < -0.4 is 0 Å². The first-order valence-electron chi connectivity index (χ1n) is 6.57. The average molecular weight is 308 g/mol. The van der Waals surface area contributed by atoms with Crippen LogP contribution in [0.15, 0.2) is 12.2 Å². The number of rotatable bonds is 4. The van der Waals surface area contributed by atoms with Gasteiger partial charge in [0, 0.05) is 18.9 Å². The molecule has 0 aromatic carbocycles. The third-order valence-corrected chi connectivity index (χ3v) is 4.35. The maximum atomic E-state index is 12.5. The van der Waals surface area contributed by atoms with Crippen molar-refractivity contribution in [2.75, 3.05) is 20.3 Å². The zero-order valence-electron chi connectivity index (χ0n) is 11.3. The second-order valence-electron chi connectivity index (χ2n) is 5.49. The minimum Gasteiger partial charge on any atom is -0.453 e. The fraction of sp³-hybridized carbons (Fsp3) is 0.769. The van der Waals surface area contributed by atoms with Crippen molar-refractivity contribution in [3.63, 3.8) is 0 Å². The van der Waals surface area contributed by atoms with Crippen LogP contribution in [0.5, 0.6) is 0 Å². The summed E-state index contributed by atoms with van der Waals surface area (Å²) < 4.78 is 58.7. The number of ether oxygens (including phenoxy) is 4. The molecular weight excluding hydrogens is 293 g/mol. The topological polar surface area (TPSA) is 54.0 Å². The Hall–Kier alpha value is -1.12. The first-order valence-corrected chi connectivity index (χ1v) is 6.57. The van der Waals surface area contributed by atoms with Gasteiger partial charge < -0.3 is 18.9 Å². The van der Waals surface area contributed by atoms with Crippen molar-refractivity contribution in [2.45, 2.75) is 30.6 Å². The van der Waals surface area contributed by atoms with E-state index in [1.54, 1.807) is 0 Å². The van der Waals surface area contributed by atoms with Gasteiger partial charge >= 0.3 is 12.1 Å². The van der Waals surface area contributed by atoms with Crippen molar-refractivity contribution in [2.24, 2.45) is 11.8 Å². The van der Waals surface area contributed by atoms with E-state index in [1.807, 2.05) is 0 Å². The number of hydrogen-bond acceptors (Lipinski definition) is 5. The van der Waals surface area contributed by atoms with Crippen LogP contribution in [0.4, 0.5) is 13.2 Å². The lowest BCUT2D eigenvalue weighted by atomic mass is 9.79. The van der Waals surface area contributed by atoms with Gasteiger partial charge in [0.15, 0.2) is 6.10 Å². The summed E-state index contributed by atoms with van der Waals surface area (Å²) in [6.07, 6.45) is -6.89. The highest BCUT2D eigenvalue weighted by atomic mass is 19.4. The molecule has 0 aromatic rings. The van der Waals surface area contributed by atoms with E-state index in [0.717, 1.165) is 0 Å². The predicted octanol–water partition coefficient (Wildman–Crippen LogP) is 1.08. The van der Waals surface area contributed by atoms with E-state index in [0.29, 0.717) is 13.2 Å². The normalized spacial score (nSPS) is 40.6. The van der Waals surface area contributed by atoms with Gasteiger partial charge in [-0.15, -0.1) is 0 Å². The summed E-state index contributed by atoms with van der Waals surface area (Å²) in [7, 11) is 1.53. The van der Waals surface area contributed by atoms with Crippen LogP contribution in [0.3, 0.4) is 0 Å². The van der Waals surface area contributed by atoms with Crippen molar-refractivity contribution in [3.8, 4) is 0 Å². The van der Waals surface area contributed by atoms with Crippen molar-refractivity contribution in [3.05, 3.63) is 12.2 Å². The van der Waals surface area contributed by atoms with Crippen LogP contribution in [0.25, 0.3) is 0 Å². The molecule has 3 aliphatic rings. The average Bonchev–Trinajstić information content (AvgIpc) is 3.00. The molecular formula is C13H15F3O5. The lowest BCUT2D eigenvalue weighted by Crippen LogP contribution is -2.46. The Morgan fingerprint density at radius 2 is 2.05 bits per heavy atom. The van der Waals surface area contributed by atoms with E-state index in [1.165, 1.54) is 7.11 Å². The van der Waals surface area contributed by atoms with Gasteiger partial charge in [0.05, 0.1) is 19.3 Å². The fourth-order valence-electron chi connectivity index (χ4n) is 3.37. The summed E-state index contributed by atoms with van der Waals surface area (Å²) in [6.45, 7) is 3.56. The minimum atomic E-state index is -4.81. The van der Waals surface area contributed by atoms with E-state index in [-0.39, 0.29) is 17.9 Å². The summed E-state index contributed by atoms with van der Waals surface area (Å²) in [6, 6.07) is 0. The Kier molecular flexibility index (Phi) is 3.50. The number of esters is 1. The summed E-state index contributed by atoms with van der Waals surface area (Å²) in [4.78, 5) is 11.6. The van der Waals surface area contributed by atoms with Crippen molar-refractivity contribution in [1.82, 2.24) is 0 Å². The highest BCUT2D eigenvalue weighted by molar-refractivity contribution is 5.89. The number of methoxy groups -OCH3 is 1. The van der Waals surface area contributed by atoms with Crippen LogP contribution in [-0.2, 0) is 23.7 Å². The molecule has 0 amide bonds. The van der Waals surface area contributed by atoms with Crippen LogP contribution in [0, 0.1) is 11.8 Å². The predicted molar refractivity (Wildman–Crippen MR) is 62.3 cm³/mol. The Bertz CT molecular complexity index is 463. The van der Waals surface area contributed by atoms with E-state index in [2.05, 4.69) is 6.58 Å². The number of alkyl halides is 3.